The third-order valence-corrected chi connectivity index (χ3v) is 13.0. The lowest BCUT2D eigenvalue weighted by molar-refractivity contribution is -0.157. The summed E-state index contributed by atoms with van der Waals surface area (Å²) in [5.41, 5.74) is 0.601. The molecule has 0 heterocycles. The Morgan fingerprint density at radius 1 is 0.545 bits per heavy atom. The van der Waals surface area contributed by atoms with Crippen LogP contribution in [0, 0.1) is 0 Å². The summed E-state index contributed by atoms with van der Waals surface area (Å²) in [5.74, 6) is -3.21. The van der Waals surface area contributed by atoms with E-state index in [1.807, 2.05) is 0 Å². The first-order chi connectivity index (χ1) is 32.0. The molecule has 0 aromatic heterocycles. The van der Waals surface area contributed by atoms with Gasteiger partial charge in [-0.3, -0.25) is 24.0 Å². The van der Waals surface area contributed by atoms with E-state index in [2.05, 4.69) is 24.5 Å². The highest BCUT2D eigenvalue weighted by Crippen LogP contribution is 2.18. The number of nitrogens with one attached hydrogen (secondary N) is 2. The molecule has 1 unspecified atom stereocenters. The molecule has 2 amide bonds. The van der Waals surface area contributed by atoms with Crippen molar-refractivity contribution in [1.82, 2.24) is 5.32 Å². The lowest BCUT2D eigenvalue weighted by atomic mass is 10.0. The molecule has 0 aliphatic carbocycles. The predicted molar refractivity (Wildman–Crippen MR) is 268 cm³/mol. The van der Waals surface area contributed by atoms with Crippen LogP contribution in [-0.2, 0) is 33.4 Å². The van der Waals surface area contributed by atoms with Gasteiger partial charge in [-0.05, 0) is 43.5 Å². The van der Waals surface area contributed by atoms with Gasteiger partial charge in [0.15, 0.2) is 0 Å². The fraction of sp³-hybridized carbons (Fsp3) is 0.774. The summed E-state index contributed by atoms with van der Waals surface area (Å²) >= 11 is 1.43. The largest absolute Gasteiger partial charge is 0.481 e. The highest BCUT2D eigenvalue weighted by Gasteiger charge is 2.22. The Hall–Kier alpha value is -3.61. The van der Waals surface area contributed by atoms with E-state index in [0.717, 1.165) is 38.5 Å². The van der Waals surface area contributed by atoms with Crippen molar-refractivity contribution in [2.45, 2.75) is 244 Å². The maximum absolute atomic E-state index is 12.9. The van der Waals surface area contributed by atoms with Crippen molar-refractivity contribution in [3.8, 4) is 0 Å². The molecule has 0 aliphatic rings. The second-order valence-corrected chi connectivity index (χ2v) is 19.2. The Kier molecular flexibility index (Phi) is 39.1. The number of carboxylic acids is 2. The van der Waals surface area contributed by atoms with Crippen molar-refractivity contribution >= 4 is 53.1 Å². The fourth-order valence-electron chi connectivity index (χ4n) is 7.80. The first kappa shape index (κ1) is 60.4. The lowest BCUT2D eigenvalue weighted by Crippen LogP contribution is -2.41. The zero-order valence-corrected chi connectivity index (χ0v) is 42.0. The number of amides is 2. The molecular weight excluding hydrogens is 857 g/mol. The zero-order chi connectivity index (χ0) is 48.3. The molecule has 0 fully saturated rings. The second kappa shape index (κ2) is 42.7. The fourth-order valence-corrected chi connectivity index (χ4v) is 8.72. The van der Waals surface area contributed by atoms with E-state index < -0.39 is 36.4 Å². The summed E-state index contributed by atoms with van der Waals surface area (Å²) in [6.45, 7) is 4.49. The van der Waals surface area contributed by atoms with Crippen LogP contribution in [0.3, 0.4) is 0 Å². The molecule has 378 valence electrons. The molecule has 0 bridgehead atoms. The van der Waals surface area contributed by atoms with Crippen molar-refractivity contribution in [2.75, 3.05) is 23.4 Å². The zero-order valence-electron chi connectivity index (χ0n) is 41.2. The highest BCUT2D eigenvalue weighted by molar-refractivity contribution is 7.99. The van der Waals surface area contributed by atoms with Gasteiger partial charge in [-0.1, -0.05) is 187 Å². The Labute approximate surface area is 403 Å². The van der Waals surface area contributed by atoms with Crippen LogP contribution < -0.4 is 10.6 Å². The Balaban J connectivity index is 2.45. The van der Waals surface area contributed by atoms with Gasteiger partial charge in [0.1, 0.15) is 18.8 Å². The molecule has 0 saturated carbocycles. The van der Waals surface area contributed by atoms with Crippen LogP contribution in [0.1, 0.15) is 243 Å². The van der Waals surface area contributed by atoms with E-state index in [4.69, 9.17) is 14.6 Å². The van der Waals surface area contributed by atoms with Crippen molar-refractivity contribution in [1.29, 1.82) is 0 Å². The van der Waals surface area contributed by atoms with Crippen molar-refractivity contribution in [2.24, 2.45) is 0 Å². The minimum absolute atomic E-state index is 0.0199. The Bertz CT molecular complexity index is 1420. The molecule has 1 rings (SSSR count). The predicted octanol–water partition coefficient (Wildman–Crippen LogP) is 13.4. The van der Waals surface area contributed by atoms with Crippen LogP contribution in [0.5, 0.6) is 0 Å². The monoisotopic (exact) mass is 947 g/mol. The summed E-state index contributed by atoms with van der Waals surface area (Å²) in [4.78, 5) is 73.1. The van der Waals surface area contributed by atoms with Crippen LogP contribution in [0.2, 0.25) is 0 Å². The first-order valence-electron chi connectivity index (χ1n) is 26.1. The number of ether oxygens (including phenoxy) is 2. The number of carbonyl (C=O) groups is 6. The molecule has 0 saturated heterocycles. The lowest BCUT2D eigenvalue weighted by Gasteiger charge is -2.18. The van der Waals surface area contributed by atoms with Crippen LogP contribution in [0.4, 0.5) is 5.69 Å². The third kappa shape index (κ3) is 36.5. The maximum atomic E-state index is 12.9. The molecule has 66 heavy (non-hydrogen) atoms. The quantitative estimate of drug-likeness (QED) is 0.0360. The average Bonchev–Trinajstić information content (AvgIpc) is 3.29. The van der Waals surface area contributed by atoms with Crippen LogP contribution in [0.15, 0.2) is 24.3 Å². The van der Waals surface area contributed by atoms with Gasteiger partial charge >= 0.3 is 23.9 Å². The minimum atomic E-state index is -1.35. The summed E-state index contributed by atoms with van der Waals surface area (Å²) in [7, 11) is 0. The SMILES string of the molecule is CCCCCCCCCCCCCCCCCCC(=O)OCC(CSCCC(=O)Nc1ccc(C(=O)N[C@@H](CCC(=O)O)C(=O)O)cc1)OC(=O)CCCCCCCCCCCCCCC. The van der Waals surface area contributed by atoms with Crippen molar-refractivity contribution < 1.29 is 48.5 Å². The Morgan fingerprint density at radius 3 is 1.39 bits per heavy atom. The summed E-state index contributed by atoms with van der Waals surface area (Å²) in [5, 5.41) is 23.3. The topological polar surface area (TPSA) is 185 Å². The van der Waals surface area contributed by atoms with Crippen molar-refractivity contribution in [3.05, 3.63) is 29.8 Å². The molecule has 0 radical (unpaired) electrons. The molecule has 0 spiro atoms. The minimum Gasteiger partial charge on any atom is -0.481 e. The van der Waals surface area contributed by atoms with Crippen LogP contribution in [0.25, 0.3) is 0 Å². The number of rotatable bonds is 46. The van der Waals surface area contributed by atoms with E-state index >= 15 is 0 Å². The number of carboxylic acid groups (broad SMARTS) is 2. The van der Waals surface area contributed by atoms with Crippen molar-refractivity contribution in [3.63, 3.8) is 0 Å². The number of aliphatic carboxylic acids is 2. The molecule has 12 nitrogen and oxygen atoms in total. The number of esters is 2. The van der Waals surface area contributed by atoms with Gasteiger partial charge in [0.05, 0.1) is 0 Å². The van der Waals surface area contributed by atoms with Crippen LogP contribution >= 0.6 is 11.8 Å². The molecule has 1 aromatic rings. The molecule has 2 atom stereocenters. The molecule has 4 N–H and O–H groups in total. The van der Waals surface area contributed by atoms with E-state index in [1.54, 1.807) is 0 Å². The van der Waals surface area contributed by atoms with Gasteiger partial charge in [0.2, 0.25) is 5.91 Å². The van der Waals surface area contributed by atoms with Gasteiger partial charge in [-0.15, -0.1) is 0 Å². The summed E-state index contributed by atoms with van der Waals surface area (Å²) in [6.07, 6.45) is 35.6. The highest BCUT2D eigenvalue weighted by atomic mass is 32.2. The number of anilines is 1. The molecule has 13 heteroatoms. The van der Waals surface area contributed by atoms with E-state index in [0.29, 0.717) is 30.0 Å². The maximum Gasteiger partial charge on any atom is 0.326 e. The van der Waals surface area contributed by atoms with Gasteiger partial charge in [-0.25, -0.2) is 4.79 Å². The van der Waals surface area contributed by atoms with E-state index in [1.165, 1.54) is 184 Å². The van der Waals surface area contributed by atoms with Gasteiger partial charge in [0, 0.05) is 48.4 Å². The average molecular weight is 947 g/mol. The number of hydrogen-bond acceptors (Lipinski definition) is 9. The summed E-state index contributed by atoms with van der Waals surface area (Å²) in [6, 6.07) is 4.57. The normalized spacial score (nSPS) is 12.0. The smallest absolute Gasteiger partial charge is 0.326 e. The number of unbranched alkanes of at least 4 members (excludes halogenated alkanes) is 27. The molecular formula is C53H90N2O10S. The van der Waals surface area contributed by atoms with Gasteiger partial charge in [0.25, 0.3) is 5.91 Å². The number of carbonyl (C=O) groups excluding carboxylic acids is 4. The standard InChI is InChI=1S/C53H90N2O10S/c1-3-5-7-9-11-13-15-17-18-19-21-22-24-26-28-30-32-50(59)64-42-46(65-51(60)33-31-29-27-25-23-20-16-14-12-10-8-6-4-2)43-66-41-40-48(56)54-45-36-34-44(35-37-45)52(61)55-47(53(62)63)38-39-49(57)58/h34-37,46-47H,3-33,38-43H2,1-2H3,(H,54,56)(H,55,61)(H,57,58)(H,62,63)/t46?,47-/m0/s1. The van der Waals surface area contributed by atoms with E-state index in [9.17, 15) is 33.9 Å². The number of thioether (sulfide) groups is 1. The molecule has 1 aromatic carbocycles. The Morgan fingerprint density at radius 2 is 0.970 bits per heavy atom. The molecule has 0 aliphatic heterocycles. The first-order valence-corrected chi connectivity index (χ1v) is 27.3. The van der Waals surface area contributed by atoms with E-state index in [-0.39, 0.29) is 42.9 Å². The third-order valence-electron chi connectivity index (χ3n) is 11.9. The van der Waals surface area contributed by atoms with Crippen LogP contribution in [-0.4, -0.2) is 76.2 Å². The van der Waals surface area contributed by atoms with Gasteiger partial charge < -0.3 is 30.3 Å². The van der Waals surface area contributed by atoms with Gasteiger partial charge in [-0.2, -0.15) is 11.8 Å². The number of benzene rings is 1. The number of hydrogen-bond donors (Lipinski definition) is 4. The summed E-state index contributed by atoms with van der Waals surface area (Å²) < 4.78 is 11.4. The second-order valence-electron chi connectivity index (χ2n) is 18.1.